The van der Waals surface area contributed by atoms with Crippen LogP contribution in [0.25, 0.3) is 0 Å². The summed E-state index contributed by atoms with van der Waals surface area (Å²) in [6.45, 7) is 4.14. The Morgan fingerprint density at radius 3 is 2.59 bits per heavy atom. The topological polar surface area (TPSA) is 26.3 Å². The summed E-state index contributed by atoms with van der Waals surface area (Å²) in [6.07, 6.45) is 4.92. The minimum atomic E-state index is -0.125. The van der Waals surface area contributed by atoms with Crippen LogP contribution in [0.2, 0.25) is 0 Å². The van der Waals surface area contributed by atoms with Gasteiger partial charge in [-0.15, -0.1) is 0 Å². The van der Waals surface area contributed by atoms with Crippen LogP contribution in [0, 0.1) is 0 Å². The second kappa shape index (κ2) is 7.88. The Hall–Kier alpha value is -1.31. The van der Waals surface area contributed by atoms with E-state index < -0.39 is 0 Å². The highest BCUT2D eigenvalue weighted by atomic mass is 16.5. The molecule has 0 saturated heterocycles. The lowest BCUT2D eigenvalue weighted by atomic mass is 10.1. The zero-order valence-electron chi connectivity index (χ0n) is 10.8. The number of unbranched alkanes of at least 4 members (excludes halogenated alkanes) is 2. The Balaban J connectivity index is 2.25. The molecular weight excluding hydrogens is 212 g/mol. The van der Waals surface area contributed by atoms with Crippen LogP contribution in [-0.2, 0) is 16.0 Å². The van der Waals surface area contributed by atoms with Crippen molar-refractivity contribution in [1.82, 2.24) is 0 Å². The standard InChI is InChI=1S/C15H22O2/c1-3-4-6-9-13(2)17-15(16)12-14-10-7-5-8-11-14/h5,7-8,10-11,13H,3-4,6,9,12H2,1-2H3. The molecule has 1 atom stereocenters. The maximum Gasteiger partial charge on any atom is 0.310 e. The first kappa shape index (κ1) is 13.8. The van der Waals surface area contributed by atoms with Crippen LogP contribution < -0.4 is 0 Å². The molecule has 0 saturated carbocycles. The molecule has 0 aliphatic heterocycles. The monoisotopic (exact) mass is 234 g/mol. The van der Waals surface area contributed by atoms with Crippen LogP contribution in [0.5, 0.6) is 0 Å². The summed E-state index contributed by atoms with van der Waals surface area (Å²) in [7, 11) is 0. The summed E-state index contributed by atoms with van der Waals surface area (Å²) in [5, 5.41) is 0. The van der Waals surface area contributed by atoms with Crippen molar-refractivity contribution < 1.29 is 9.53 Å². The largest absolute Gasteiger partial charge is 0.462 e. The second-order valence-electron chi connectivity index (χ2n) is 4.46. The zero-order chi connectivity index (χ0) is 12.5. The summed E-state index contributed by atoms with van der Waals surface area (Å²) in [5.74, 6) is -0.125. The molecule has 0 spiro atoms. The molecule has 0 aliphatic rings. The molecule has 0 bridgehead atoms. The highest BCUT2D eigenvalue weighted by Crippen LogP contribution is 2.08. The van der Waals surface area contributed by atoms with Gasteiger partial charge in [-0.1, -0.05) is 50.1 Å². The SMILES string of the molecule is CCCCCC(C)OC(=O)Cc1ccccc1. The fourth-order valence-electron chi connectivity index (χ4n) is 1.77. The van der Waals surface area contributed by atoms with E-state index in [1.807, 2.05) is 37.3 Å². The number of ether oxygens (including phenoxy) is 1. The summed E-state index contributed by atoms with van der Waals surface area (Å²) >= 11 is 0. The zero-order valence-corrected chi connectivity index (χ0v) is 10.8. The van der Waals surface area contributed by atoms with Gasteiger partial charge in [-0.2, -0.15) is 0 Å². The highest BCUT2D eigenvalue weighted by Gasteiger charge is 2.09. The summed E-state index contributed by atoms with van der Waals surface area (Å²) in [4.78, 5) is 11.6. The molecule has 0 N–H and O–H groups in total. The molecule has 1 unspecified atom stereocenters. The van der Waals surface area contributed by atoms with E-state index in [0.29, 0.717) is 6.42 Å². The molecule has 0 aromatic heterocycles. The predicted octanol–water partition coefficient (Wildman–Crippen LogP) is 3.74. The van der Waals surface area contributed by atoms with E-state index in [-0.39, 0.29) is 12.1 Å². The molecule has 0 radical (unpaired) electrons. The molecule has 2 heteroatoms. The quantitative estimate of drug-likeness (QED) is 0.530. The number of carbonyl (C=O) groups is 1. The first-order valence-corrected chi connectivity index (χ1v) is 6.45. The van der Waals surface area contributed by atoms with Crippen LogP contribution >= 0.6 is 0 Å². The Bertz CT molecular complexity index is 319. The minimum Gasteiger partial charge on any atom is -0.462 e. The van der Waals surface area contributed by atoms with Gasteiger partial charge in [0, 0.05) is 0 Å². The third kappa shape index (κ3) is 6.10. The normalized spacial score (nSPS) is 12.1. The van der Waals surface area contributed by atoms with Gasteiger partial charge in [0.1, 0.15) is 0 Å². The van der Waals surface area contributed by atoms with Crippen molar-refractivity contribution in [2.24, 2.45) is 0 Å². The number of carbonyl (C=O) groups excluding carboxylic acids is 1. The van der Waals surface area contributed by atoms with Crippen molar-refractivity contribution in [3.05, 3.63) is 35.9 Å². The molecule has 0 aliphatic carbocycles. The molecule has 1 aromatic rings. The Kier molecular flexibility index (Phi) is 6.38. The number of esters is 1. The summed E-state index contributed by atoms with van der Waals surface area (Å²) in [5.41, 5.74) is 1.01. The van der Waals surface area contributed by atoms with Crippen molar-refractivity contribution >= 4 is 5.97 Å². The summed E-state index contributed by atoms with van der Waals surface area (Å²) < 4.78 is 5.36. The third-order valence-electron chi connectivity index (χ3n) is 2.74. The molecule has 1 aromatic carbocycles. The maximum atomic E-state index is 11.6. The molecular formula is C15H22O2. The number of rotatable bonds is 7. The summed E-state index contributed by atoms with van der Waals surface area (Å²) in [6, 6.07) is 9.72. The van der Waals surface area contributed by atoms with E-state index in [0.717, 1.165) is 18.4 Å². The van der Waals surface area contributed by atoms with Gasteiger partial charge in [-0.05, 0) is 25.3 Å². The lowest BCUT2D eigenvalue weighted by molar-refractivity contribution is -0.147. The number of hydrogen-bond acceptors (Lipinski definition) is 2. The van der Waals surface area contributed by atoms with Crippen molar-refractivity contribution in [3.63, 3.8) is 0 Å². The van der Waals surface area contributed by atoms with Crippen molar-refractivity contribution in [1.29, 1.82) is 0 Å². The van der Waals surface area contributed by atoms with Crippen LogP contribution in [0.4, 0.5) is 0 Å². The lowest BCUT2D eigenvalue weighted by Crippen LogP contribution is -2.16. The van der Waals surface area contributed by atoms with E-state index in [1.165, 1.54) is 12.8 Å². The van der Waals surface area contributed by atoms with Gasteiger partial charge >= 0.3 is 5.97 Å². The fraction of sp³-hybridized carbons (Fsp3) is 0.533. The van der Waals surface area contributed by atoms with Gasteiger partial charge in [0.25, 0.3) is 0 Å². The molecule has 0 amide bonds. The minimum absolute atomic E-state index is 0.0396. The van der Waals surface area contributed by atoms with Crippen molar-refractivity contribution in [3.8, 4) is 0 Å². The molecule has 0 fully saturated rings. The number of benzene rings is 1. The van der Waals surface area contributed by atoms with Crippen LogP contribution in [-0.4, -0.2) is 12.1 Å². The molecule has 1 rings (SSSR count). The maximum absolute atomic E-state index is 11.6. The molecule has 0 heterocycles. The fourth-order valence-corrected chi connectivity index (χ4v) is 1.77. The van der Waals surface area contributed by atoms with Gasteiger partial charge < -0.3 is 4.74 Å². The van der Waals surface area contributed by atoms with E-state index in [4.69, 9.17) is 4.74 Å². The van der Waals surface area contributed by atoms with Gasteiger partial charge in [0.15, 0.2) is 0 Å². The predicted molar refractivity (Wildman–Crippen MR) is 69.8 cm³/mol. The Morgan fingerprint density at radius 2 is 1.94 bits per heavy atom. The van der Waals surface area contributed by atoms with E-state index in [1.54, 1.807) is 0 Å². The average molecular weight is 234 g/mol. The second-order valence-corrected chi connectivity index (χ2v) is 4.46. The Morgan fingerprint density at radius 1 is 1.24 bits per heavy atom. The first-order valence-electron chi connectivity index (χ1n) is 6.45. The lowest BCUT2D eigenvalue weighted by Gasteiger charge is -2.12. The van der Waals surface area contributed by atoms with Crippen LogP contribution in [0.1, 0.15) is 45.1 Å². The van der Waals surface area contributed by atoms with Gasteiger partial charge in [-0.25, -0.2) is 0 Å². The van der Waals surface area contributed by atoms with Crippen LogP contribution in [0.15, 0.2) is 30.3 Å². The van der Waals surface area contributed by atoms with Gasteiger partial charge in [0.2, 0.25) is 0 Å². The number of hydrogen-bond donors (Lipinski definition) is 0. The van der Waals surface area contributed by atoms with E-state index >= 15 is 0 Å². The first-order chi connectivity index (χ1) is 8.22. The van der Waals surface area contributed by atoms with Gasteiger partial charge in [0.05, 0.1) is 12.5 Å². The van der Waals surface area contributed by atoms with Crippen LogP contribution in [0.3, 0.4) is 0 Å². The average Bonchev–Trinajstić information content (AvgIpc) is 2.30. The highest BCUT2D eigenvalue weighted by molar-refractivity contribution is 5.72. The van der Waals surface area contributed by atoms with Gasteiger partial charge in [-0.3, -0.25) is 4.79 Å². The molecule has 94 valence electrons. The van der Waals surface area contributed by atoms with Crippen molar-refractivity contribution in [2.45, 2.75) is 52.1 Å². The van der Waals surface area contributed by atoms with Crippen molar-refractivity contribution in [2.75, 3.05) is 0 Å². The van der Waals surface area contributed by atoms with E-state index in [9.17, 15) is 4.79 Å². The molecule has 17 heavy (non-hydrogen) atoms. The third-order valence-corrected chi connectivity index (χ3v) is 2.74. The van der Waals surface area contributed by atoms with E-state index in [2.05, 4.69) is 6.92 Å². The smallest absolute Gasteiger partial charge is 0.310 e. The molecule has 2 nitrogen and oxygen atoms in total. The Labute approximate surface area is 104 Å².